The summed E-state index contributed by atoms with van der Waals surface area (Å²) < 4.78 is 10.2. The molecule has 0 bridgehead atoms. The Balaban J connectivity index is 3.31. The lowest BCUT2D eigenvalue weighted by molar-refractivity contribution is 0.112. The van der Waals surface area contributed by atoms with Crippen molar-refractivity contribution in [3.05, 3.63) is 17.7 Å². The quantitative estimate of drug-likeness (QED) is 0.566. The molecular weight excluding hydrogens is 200 g/mol. The number of hydrogen-bond acceptors (Lipinski definition) is 4. The van der Waals surface area contributed by atoms with Gasteiger partial charge in [0.2, 0.25) is 0 Å². The van der Waals surface area contributed by atoms with Gasteiger partial charge in [-0.25, -0.2) is 0 Å². The van der Waals surface area contributed by atoms with E-state index < -0.39 is 0 Å². The molecular formula is C10H12O3S. The fourth-order valence-corrected chi connectivity index (χ4v) is 1.79. The summed E-state index contributed by atoms with van der Waals surface area (Å²) in [7, 11) is 3.12. The SMILES string of the molecule is COc1cc(C=O)c(OC)c(SC)c1. The summed E-state index contributed by atoms with van der Waals surface area (Å²) in [6.07, 6.45) is 2.69. The highest BCUT2D eigenvalue weighted by molar-refractivity contribution is 7.98. The van der Waals surface area contributed by atoms with Crippen LogP contribution in [0, 0.1) is 0 Å². The van der Waals surface area contributed by atoms with Gasteiger partial charge in [0.05, 0.1) is 24.7 Å². The summed E-state index contributed by atoms with van der Waals surface area (Å²) in [6, 6.07) is 3.50. The van der Waals surface area contributed by atoms with Gasteiger partial charge < -0.3 is 9.47 Å². The van der Waals surface area contributed by atoms with Gasteiger partial charge in [0.15, 0.2) is 6.29 Å². The van der Waals surface area contributed by atoms with Gasteiger partial charge >= 0.3 is 0 Å². The summed E-state index contributed by atoms with van der Waals surface area (Å²) >= 11 is 1.52. The molecule has 0 saturated carbocycles. The Morgan fingerprint density at radius 3 is 2.43 bits per heavy atom. The lowest BCUT2D eigenvalue weighted by Crippen LogP contribution is -1.94. The maximum Gasteiger partial charge on any atom is 0.153 e. The topological polar surface area (TPSA) is 35.5 Å². The van der Waals surface area contributed by atoms with E-state index in [0.29, 0.717) is 17.1 Å². The van der Waals surface area contributed by atoms with Crippen molar-refractivity contribution in [2.24, 2.45) is 0 Å². The van der Waals surface area contributed by atoms with E-state index in [2.05, 4.69) is 0 Å². The van der Waals surface area contributed by atoms with Crippen molar-refractivity contribution in [3.63, 3.8) is 0 Å². The minimum atomic E-state index is 0.510. The zero-order valence-electron chi connectivity index (χ0n) is 8.37. The summed E-state index contributed by atoms with van der Waals surface area (Å²) in [6.45, 7) is 0. The van der Waals surface area contributed by atoms with Crippen molar-refractivity contribution in [2.45, 2.75) is 4.90 Å². The third-order valence-corrected chi connectivity index (χ3v) is 2.59. The van der Waals surface area contributed by atoms with E-state index in [4.69, 9.17) is 9.47 Å². The number of ether oxygens (including phenoxy) is 2. The molecule has 4 heteroatoms. The van der Waals surface area contributed by atoms with Gasteiger partial charge in [-0.15, -0.1) is 11.8 Å². The summed E-state index contributed by atoms with van der Waals surface area (Å²) in [5.74, 6) is 1.27. The zero-order chi connectivity index (χ0) is 10.6. The molecule has 1 aromatic rings. The predicted molar refractivity (Wildman–Crippen MR) is 56.7 cm³/mol. The van der Waals surface area contributed by atoms with Crippen molar-refractivity contribution in [3.8, 4) is 11.5 Å². The third-order valence-electron chi connectivity index (χ3n) is 1.84. The maximum atomic E-state index is 10.8. The van der Waals surface area contributed by atoms with Crippen LogP contribution in [0.4, 0.5) is 0 Å². The second-order valence-corrected chi connectivity index (χ2v) is 3.42. The number of rotatable bonds is 4. The first-order valence-electron chi connectivity index (χ1n) is 4.02. The fourth-order valence-electron chi connectivity index (χ4n) is 1.17. The first-order valence-corrected chi connectivity index (χ1v) is 5.24. The lowest BCUT2D eigenvalue weighted by atomic mass is 10.2. The number of carbonyl (C=O) groups is 1. The predicted octanol–water partition coefficient (Wildman–Crippen LogP) is 2.24. The van der Waals surface area contributed by atoms with E-state index in [1.165, 1.54) is 11.8 Å². The maximum absolute atomic E-state index is 10.8. The van der Waals surface area contributed by atoms with Crippen LogP contribution < -0.4 is 9.47 Å². The van der Waals surface area contributed by atoms with Crippen LogP contribution in [-0.2, 0) is 0 Å². The largest absolute Gasteiger partial charge is 0.497 e. The average Bonchev–Trinajstić information content (AvgIpc) is 2.26. The van der Waals surface area contributed by atoms with Crippen LogP contribution in [-0.4, -0.2) is 26.8 Å². The van der Waals surface area contributed by atoms with Gasteiger partial charge in [-0.3, -0.25) is 4.79 Å². The number of hydrogen-bond donors (Lipinski definition) is 0. The van der Waals surface area contributed by atoms with Crippen LogP contribution in [0.5, 0.6) is 11.5 Å². The third kappa shape index (κ3) is 2.01. The van der Waals surface area contributed by atoms with Gasteiger partial charge in [0.25, 0.3) is 0 Å². The van der Waals surface area contributed by atoms with Crippen molar-refractivity contribution in [2.75, 3.05) is 20.5 Å². The molecule has 1 rings (SSSR count). The van der Waals surface area contributed by atoms with Gasteiger partial charge in [0.1, 0.15) is 11.5 Å². The fraction of sp³-hybridized carbons (Fsp3) is 0.300. The van der Waals surface area contributed by atoms with Crippen LogP contribution in [0.1, 0.15) is 10.4 Å². The van der Waals surface area contributed by atoms with Gasteiger partial charge in [0, 0.05) is 0 Å². The summed E-state index contributed by atoms with van der Waals surface area (Å²) in [5, 5.41) is 0. The van der Waals surface area contributed by atoms with E-state index in [9.17, 15) is 4.79 Å². The Morgan fingerprint density at radius 1 is 1.29 bits per heavy atom. The molecule has 0 N–H and O–H groups in total. The molecule has 0 fully saturated rings. The van der Waals surface area contributed by atoms with E-state index >= 15 is 0 Å². The van der Waals surface area contributed by atoms with E-state index in [1.54, 1.807) is 20.3 Å². The molecule has 0 aromatic heterocycles. The molecule has 3 nitrogen and oxygen atoms in total. The second kappa shape index (κ2) is 4.91. The number of thioether (sulfide) groups is 1. The number of aldehydes is 1. The summed E-state index contributed by atoms with van der Waals surface area (Å²) in [4.78, 5) is 11.7. The van der Waals surface area contributed by atoms with Crippen LogP contribution in [0.2, 0.25) is 0 Å². The highest BCUT2D eigenvalue weighted by atomic mass is 32.2. The molecule has 1 aromatic carbocycles. The van der Waals surface area contributed by atoms with Crippen molar-refractivity contribution in [1.29, 1.82) is 0 Å². The first-order chi connectivity index (χ1) is 6.76. The normalized spacial score (nSPS) is 9.64. The molecule has 0 saturated heterocycles. The highest BCUT2D eigenvalue weighted by Crippen LogP contribution is 2.34. The molecule has 0 unspecified atom stereocenters. The highest BCUT2D eigenvalue weighted by Gasteiger charge is 2.10. The molecule has 14 heavy (non-hydrogen) atoms. The second-order valence-electron chi connectivity index (χ2n) is 2.57. The minimum absolute atomic E-state index is 0.510. The molecule has 0 aliphatic rings. The van der Waals surface area contributed by atoms with Crippen LogP contribution >= 0.6 is 11.8 Å². The zero-order valence-corrected chi connectivity index (χ0v) is 9.18. The lowest BCUT2D eigenvalue weighted by Gasteiger charge is -2.10. The Kier molecular flexibility index (Phi) is 3.83. The van der Waals surface area contributed by atoms with Crippen molar-refractivity contribution >= 4 is 18.0 Å². The van der Waals surface area contributed by atoms with Gasteiger partial charge in [-0.05, 0) is 18.4 Å². The van der Waals surface area contributed by atoms with Crippen LogP contribution in [0.25, 0.3) is 0 Å². The Morgan fingerprint density at radius 2 is 2.00 bits per heavy atom. The number of benzene rings is 1. The van der Waals surface area contributed by atoms with Gasteiger partial charge in [-0.2, -0.15) is 0 Å². The summed E-state index contributed by atoms with van der Waals surface area (Å²) in [5.41, 5.74) is 0.510. The molecule has 0 spiro atoms. The van der Waals surface area contributed by atoms with Crippen molar-refractivity contribution in [1.82, 2.24) is 0 Å². The molecule has 0 aliphatic carbocycles. The Labute approximate surface area is 87.4 Å². The Hall–Kier alpha value is -1.16. The molecule has 0 heterocycles. The van der Waals surface area contributed by atoms with E-state index in [0.717, 1.165) is 11.2 Å². The van der Waals surface area contributed by atoms with Crippen LogP contribution in [0.3, 0.4) is 0 Å². The Bertz CT molecular complexity index is 336. The standard InChI is InChI=1S/C10H12O3S/c1-12-8-4-7(6-11)10(13-2)9(5-8)14-3/h4-6H,1-3H3. The van der Waals surface area contributed by atoms with E-state index in [1.807, 2.05) is 12.3 Å². The first kappa shape index (κ1) is 10.9. The molecule has 0 radical (unpaired) electrons. The minimum Gasteiger partial charge on any atom is -0.497 e. The van der Waals surface area contributed by atoms with E-state index in [-0.39, 0.29) is 0 Å². The molecule has 0 aliphatic heterocycles. The molecule has 76 valence electrons. The van der Waals surface area contributed by atoms with Crippen molar-refractivity contribution < 1.29 is 14.3 Å². The van der Waals surface area contributed by atoms with Crippen LogP contribution in [0.15, 0.2) is 17.0 Å². The van der Waals surface area contributed by atoms with Gasteiger partial charge in [-0.1, -0.05) is 0 Å². The number of methoxy groups -OCH3 is 2. The smallest absolute Gasteiger partial charge is 0.153 e. The number of carbonyl (C=O) groups excluding carboxylic acids is 1. The monoisotopic (exact) mass is 212 g/mol. The molecule has 0 amide bonds. The average molecular weight is 212 g/mol. The molecule has 0 atom stereocenters.